The highest BCUT2D eigenvalue weighted by molar-refractivity contribution is 5.92. The van der Waals surface area contributed by atoms with Crippen molar-refractivity contribution in [3.63, 3.8) is 0 Å². The van der Waals surface area contributed by atoms with E-state index in [1.54, 1.807) is 37.3 Å². The SMILES string of the molecule is Cc1cc(=O)c(C(=O)NCc2ccc(C#N)cc2)nn1-c1ccccc1[N+](=O)[O-]. The van der Waals surface area contributed by atoms with Gasteiger partial charge in [0.1, 0.15) is 5.69 Å². The third kappa shape index (κ3) is 4.17. The molecular weight excluding hydrogens is 374 g/mol. The fourth-order valence-corrected chi connectivity index (χ4v) is 2.71. The molecular formula is C20H15N5O4. The number of para-hydroxylation sites is 2. The smallest absolute Gasteiger partial charge is 0.294 e. The summed E-state index contributed by atoms with van der Waals surface area (Å²) >= 11 is 0. The van der Waals surface area contributed by atoms with Crippen LogP contribution >= 0.6 is 0 Å². The van der Waals surface area contributed by atoms with Crippen LogP contribution in [0.5, 0.6) is 0 Å². The van der Waals surface area contributed by atoms with Crippen molar-refractivity contribution in [3.8, 4) is 11.8 Å². The van der Waals surface area contributed by atoms with E-state index in [2.05, 4.69) is 10.4 Å². The lowest BCUT2D eigenvalue weighted by molar-refractivity contribution is -0.384. The summed E-state index contributed by atoms with van der Waals surface area (Å²) in [5, 5.41) is 26.8. The zero-order valence-corrected chi connectivity index (χ0v) is 15.3. The first-order valence-corrected chi connectivity index (χ1v) is 8.52. The minimum absolute atomic E-state index is 0.130. The molecule has 9 heteroatoms. The van der Waals surface area contributed by atoms with Crippen LogP contribution in [0.1, 0.15) is 27.3 Å². The Hall–Kier alpha value is -4.32. The lowest BCUT2D eigenvalue weighted by Crippen LogP contribution is -2.31. The van der Waals surface area contributed by atoms with Crippen molar-refractivity contribution in [3.05, 3.63) is 97.4 Å². The molecule has 0 radical (unpaired) electrons. The molecule has 0 spiro atoms. The Labute approximate surface area is 165 Å². The van der Waals surface area contributed by atoms with Crippen LogP contribution in [0.15, 0.2) is 59.4 Å². The molecule has 0 unspecified atom stereocenters. The summed E-state index contributed by atoms with van der Waals surface area (Å²) in [7, 11) is 0. The van der Waals surface area contributed by atoms with Gasteiger partial charge in [0.05, 0.1) is 16.6 Å². The summed E-state index contributed by atoms with van der Waals surface area (Å²) in [5.41, 5.74) is 0.577. The molecule has 0 aliphatic rings. The number of rotatable bonds is 5. The molecule has 0 fully saturated rings. The van der Waals surface area contributed by atoms with Crippen molar-refractivity contribution in [2.45, 2.75) is 13.5 Å². The Kier molecular flexibility index (Phi) is 5.46. The van der Waals surface area contributed by atoms with Gasteiger partial charge in [-0.05, 0) is 30.7 Å². The van der Waals surface area contributed by atoms with E-state index in [0.29, 0.717) is 11.3 Å². The number of carbonyl (C=O) groups is 1. The number of nitro benzene ring substituents is 1. The number of nitrogens with one attached hydrogen (secondary N) is 1. The molecule has 1 N–H and O–H groups in total. The number of aromatic nitrogens is 2. The molecule has 29 heavy (non-hydrogen) atoms. The van der Waals surface area contributed by atoms with Crippen molar-refractivity contribution in [1.29, 1.82) is 5.26 Å². The van der Waals surface area contributed by atoms with Gasteiger partial charge in [-0.15, -0.1) is 0 Å². The third-order valence-corrected chi connectivity index (χ3v) is 4.17. The van der Waals surface area contributed by atoms with E-state index in [0.717, 1.165) is 5.56 Å². The van der Waals surface area contributed by atoms with Crippen molar-refractivity contribution in [1.82, 2.24) is 15.1 Å². The molecule has 0 saturated carbocycles. The zero-order valence-electron chi connectivity index (χ0n) is 15.3. The molecule has 2 aromatic carbocycles. The quantitative estimate of drug-likeness (QED) is 0.526. The maximum absolute atomic E-state index is 12.5. The average molecular weight is 389 g/mol. The van der Waals surface area contributed by atoms with E-state index in [9.17, 15) is 19.7 Å². The largest absolute Gasteiger partial charge is 0.346 e. The Bertz CT molecular complexity index is 1190. The fourth-order valence-electron chi connectivity index (χ4n) is 2.71. The van der Waals surface area contributed by atoms with Gasteiger partial charge in [-0.2, -0.15) is 10.4 Å². The van der Waals surface area contributed by atoms with Crippen LogP contribution < -0.4 is 10.7 Å². The molecule has 144 valence electrons. The highest BCUT2D eigenvalue weighted by Crippen LogP contribution is 2.22. The topological polar surface area (TPSA) is 131 Å². The van der Waals surface area contributed by atoms with Crippen LogP contribution in [0.2, 0.25) is 0 Å². The van der Waals surface area contributed by atoms with Crippen molar-refractivity contribution in [2.24, 2.45) is 0 Å². The Balaban J connectivity index is 1.91. The fraction of sp³-hybridized carbons (Fsp3) is 0.100. The number of benzene rings is 2. The molecule has 0 bridgehead atoms. The first-order valence-electron chi connectivity index (χ1n) is 8.52. The van der Waals surface area contributed by atoms with Crippen LogP contribution in [0.3, 0.4) is 0 Å². The number of nitrogens with zero attached hydrogens (tertiary/aromatic N) is 4. The molecule has 1 heterocycles. The standard InChI is InChI=1S/C20H15N5O4/c1-13-10-18(26)19(20(27)22-12-15-8-6-14(11-21)7-9-15)23-24(13)16-4-2-3-5-17(16)25(28)29/h2-10H,12H2,1H3,(H,22,27). The van der Waals surface area contributed by atoms with Crippen LogP contribution in [-0.4, -0.2) is 20.6 Å². The molecule has 9 nitrogen and oxygen atoms in total. The molecule has 0 atom stereocenters. The summed E-state index contributed by atoms with van der Waals surface area (Å²) < 4.78 is 1.20. The molecule has 0 aliphatic heterocycles. The van der Waals surface area contributed by atoms with Gasteiger partial charge in [-0.1, -0.05) is 24.3 Å². The zero-order chi connectivity index (χ0) is 21.0. The van der Waals surface area contributed by atoms with E-state index in [1.165, 1.54) is 28.9 Å². The highest BCUT2D eigenvalue weighted by Gasteiger charge is 2.20. The molecule has 1 aromatic heterocycles. The predicted octanol–water partition coefficient (Wildman–Crippen LogP) is 2.25. The van der Waals surface area contributed by atoms with Crippen molar-refractivity contribution >= 4 is 11.6 Å². The highest BCUT2D eigenvalue weighted by atomic mass is 16.6. The first kappa shape index (κ1) is 19.4. The average Bonchev–Trinajstić information content (AvgIpc) is 2.72. The summed E-state index contributed by atoms with van der Waals surface area (Å²) in [4.78, 5) is 35.5. The number of hydrogen-bond acceptors (Lipinski definition) is 6. The van der Waals surface area contributed by atoms with Gasteiger partial charge in [-0.3, -0.25) is 19.7 Å². The summed E-state index contributed by atoms with van der Waals surface area (Å²) in [6.45, 7) is 1.70. The van der Waals surface area contributed by atoms with Gasteiger partial charge in [0.25, 0.3) is 11.6 Å². The Morgan fingerprint density at radius 3 is 2.59 bits per heavy atom. The molecule has 0 aliphatic carbocycles. The lowest BCUT2D eigenvalue weighted by atomic mass is 10.1. The van der Waals surface area contributed by atoms with Gasteiger partial charge in [0.2, 0.25) is 5.43 Å². The second-order valence-electron chi connectivity index (χ2n) is 6.15. The van der Waals surface area contributed by atoms with Gasteiger partial charge >= 0.3 is 0 Å². The Morgan fingerprint density at radius 1 is 1.24 bits per heavy atom. The van der Waals surface area contributed by atoms with Gasteiger partial charge < -0.3 is 5.32 Å². The number of carbonyl (C=O) groups excluding carboxylic acids is 1. The first-order chi connectivity index (χ1) is 13.9. The number of nitriles is 1. The summed E-state index contributed by atoms with van der Waals surface area (Å²) in [5.74, 6) is -0.702. The van der Waals surface area contributed by atoms with E-state index in [-0.39, 0.29) is 23.6 Å². The molecule has 3 rings (SSSR count). The lowest BCUT2D eigenvalue weighted by Gasteiger charge is -2.11. The second-order valence-corrected chi connectivity index (χ2v) is 6.15. The normalized spacial score (nSPS) is 10.2. The monoisotopic (exact) mass is 389 g/mol. The van der Waals surface area contributed by atoms with Gasteiger partial charge in [0.15, 0.2) is 5.69 Å². The molecule has 1 amide bonds. The van der Waals surface area contributed by atoms with Crippen molar-refractivity contribution in [2.75, 3.05) is 0 Å². The predicted molar refractivity (Wildman–Crippen MR) is 104 cm³/mol. The third-order valence-electron chi connectivity index (χ3n) is 4.17. The van der Waals surface area contributed by atoms with E-state index in [4.69, 9.17) is 5.26 Å². The number of hydrogen-bond donors (Lipinski definition) is 1. The Morgan fingerprint density at radius 2 is 1.93 bits per heavy atom. The van der Waals surface area contributed by atoms with Crippen LogP contribution in [0, 0.1) is 28.4 Å². The number of nitro groups is 1. The minimum atomic E-state index is -0.702. The van der Waals surface area contributed by atoms with Crippen molar-refractivity contribution < 1.29 is 9.72 Å². The van der Waals surface area contributed by atoms with Gasteiger partial charge in [0, 0.05) is 24.4 Å². The number of aryl methyl sites for hydroxylation is 1. The maximum Gasteiger partial charge on any atom is 0.294 e. The summed E-state index contributed by atoms with van der Waals surface area (Å²) in [6.07, 6.45) is 0. The van der Waals surface area contributed by atoms with Crippen LogP contribution in [0.4, 0.5) is 5.69 Å². The minimum Gasteiger partial charge on any atom is -0.346 e. The second kappa shape index (κ2) is 8.14. The maximum atomic E-state index is 12.5. The summed E-state index contributed by atoms with van der Waals surface area (Å²) in [6, 6.07) is 15.8. The van der Waals surface area contributed by atoms with E-state index >= 15 is 0 Å². The van der Waals surface area contributed by atoms with Crippen LogP contribution in [0.25, 0.3) is 5.69 Å². The number of amides is 1. The molecule has 0 saturated heterocycles. The van der Waals surface area contributed by atoms with Gasteiger partial charge in [-0.25, -0.2) is 4.68 Å². The molecule has 3 aromatic rings. The van der Waals surface area contributed by atoms with E-state index in [1.807, 2.05) is 6.07 Å². The van der Waals surface area contributed by atoms with Crippen LogP contribution in [-0.2, 0) is 6.54 Å². The van der Waals surface area contributed by atoms with E-state index < -0.39 is 16.3 Å².